The van der Waals surface area contributed by atoms with E-state index in [0.29, 0.717) is 24.0 Å². The molecular weight excluding hydrogens is 634 g/mol. The summed E-state index contributed by atoms with van der Waals surface area (Å²) in [6, 6.07) is 13.0. The smallest absolute Gasteiger partial charge is 0.744 e. The Balaban J connectivity index is 0.000000682. The molecule has 0 saturated carbocycles. The van der Waals surface area contributed by atoms with Gasteiger partial charge in [0.05, 0.1) is 9.79 Å². The van der Waals surface area contributed by atoms with Gasteiger partial charge in [-0.1, -0.05) is 114 Å². The molecule has 0 bridgehead atoms. The summed E-state index contributed by atoms with van der Waals surface area (Å²) in [5, 5.41) is 0. The van der Waals surface area contributed by atoms with Crippen molar-refractivity contribution in [2.75, 3.05) is 0 Å². The van der Waals surface area contributed by atoms with Gasteiger partial charge in [0, 0.05) is 0 Å². The molecule has 0 saturated heterocycles. The molecule has 6 nitrogen and oxygen atoms in total. The van der Waals surface area contributed by atoms with E-state index >= 15 is 0 Å². The molecule has 0 spiro atoms. The average Bonchev–Trinajstić information content (AvgIpc) is 2.83. The molecule has 9 heteroatoms. The summed E-state index contributed by atoms with van der Waals surface area (Å²) in [6.45, 7) is 4.35. The zero-order valence-corrected chi connectivity index (χ0v) is 28.6. The molecule has 0 heterocycles. The Hall–Kier alpha value is -0.169. The predicted octanol–water partition coefficient (Wildman–Crippen LogP) is 6.61. The molecule has 2 aromatic rings. The SMILES string of the molecule is CCCCCCCCc1ccccc1S(=O)(=O)[O-].CCCCCCCCc1ccccc1S(=O)(=O)[O-].[Ba+2]. The van der Waals surface area contributed by atoms with Crippen LogP contribution in [0.25, 0.3) is 0 Å². The minimum atomic E-state index is -4.33. The first-order valence-corrected chi connectivity index (χ1v) is 16.0. The molecule has 37 heavy (non-hydrogen) atoms. The van der Waals surface area contributed by atoms with E-state index in [9.17, 15) is 25.9 Å². The molecule has 0 atom stereocenters. The van der Waals surface area contributed by atoms with Crippen molar-refractivity contribution in [2.45, 2.75) is 114 Å². The summed E-state index contributed by atoms with van der Waals surface area (Å²) < 4.78 is 66.4. The molecule has 0 N–H and O–H groups in total. The third kappa shape index (κ3) is 16.5. The Morgan fingerprint density at radius 3 is 1.14 bits per heavy atom. The minimum Gasteiger partial charge on any atom is -0.744 e. The van der Waals surface area contributed by atoms with Crippen molar-refractivity contribution in [1.82, 2.24) is 0 Å². The Kier molecular flexibility index (Phi) is 20.6. The third-order valence-electron chi connectivity index (χ3n) is 6.08. The summed E-state index contributed by atoms with van der Waals surface area (Å²) in [6.07, 6.45) is 15.2. The van der Waals surface area contributed by atoms with Crippen LogP contribution in [0.5, 0.6) is 0 Å². The van der Waals surface area contributed by atoms with Gasteiger partial charge in [-0.2, -0.15) is 0 Å². The molecule has 0 unspecified atom stereocenters. The van der Waals surface area contributed by atoms with Gasteiger partial charge in [0.15, 0.2) is 0 Å². The third-order valence-corrected chi connectivity index (χ3v) is 7.96. The van der Waals surface area contributed by atoms with E-state index in [0.717, 1.165) is 25.7 Å². The van der Waals surface area contributed by atoms with Crippen molar-refractivity contribution < 1.29 is 25.9 Å². The Morgan fingerprint density at radius 2 is 0.811 bits per heavy atom. The fourth-order valence-corrected chi connectivity index (χ4v) is 5.57. The van der Waals surface area contributed by atoms with Gasteiger partial charge in [0.2, 0.25) is 0 Å². The maximum absolute atomic E-state index is 11.1. The molecule has 0 aliphatic rings. The van der Waals surface area contributed by atoms with Crippen LogP contribution in [-0.4, -0.2) is 74.8 Å². The number of benzene rings is 2. The Morgan fingerprint density at radius 1 is 0.514 bits per heavy atom. The average molecular weight is 676 g/mol. The van der Waals surface area contributed by atoms with Crippen LogP contribution in [0, 0.1) is 0 Å². The molecule has 0 radical (unpaired) electrons. The van der Waals surface area contributed by atoms with E-state index in [-0.39, 0.29) is 58.7 Å². The number of aryl methyl sites for hydroxylation is 2. The normalized spacial score (nSPS) is 11.4. The Bertz CT molecular complexity index is 998. The van der Waals surface area contributed by atoms with Gasteiger partial charge in [-0.15, -0.1) is 0 Å². The van der Waals surface area contributed by atoms with Crippen LogP contribution >= 0.6 is 0 Å². The van der Waals surface area contributed by atoms with Gasteiger partial charge in [0.25, 0.3) is 0 Å². The van der Waals surface area contributed by atoms with Crippen molar-refractivity contribution in [3.63, 3.8) is 0 Å². The zero-order valence-electron chi connectivity index (χ0n) is 22.5. The second-order valence-electron chi connectivity index (χ2n) is 9.16. The summed E-state index contributed by atoms with van der Waals surface area (Å²) in [5.41, 5.74) is 1.31. The zero-order chi connectivity index (χ0) is 26.9. The van der Waals surface area contributed by atoms with E-state index < -0.39 is 20.2 Å². The summed E-state index contributed by atoms with van der Waals surface area (Å²) in [7, 11) is -8.67. The molecule has 2 rings (SSSR count). The van der Waals surface area contributed by atoms with E-state index in [1.54, 1.807) is 36.4 Å². The van der Waals surface area contributed by atoms with Crippen LogP contribution in [0.15, 0.2) is 58.3 Å². The second-order valence-corrected chi connectivity index (χ2v) is 11.9. The van der Waals surface area contributed by atoms with E-state index in [2.05, 4.69) is 13.8 Å². The quantitative estimate of drug-likeness (QED) is 0.112. The standard InChI is InChI=1S/2C14H22O3S.Ba/c2*1-2-3-4-5-6-7-10-13-11-8-9-12-14(13)18(15,16)17;/h2*8-9,11-12H,2-7,10H2,1H3,(H,15,16,17);/q;;+2/p-2. The fraction of sp³-hybridized carbons (Fsp3) is 0.571. The van der Waals surface area contributed by atoms with Crippen molar-refractivity contribution in [1.29, 1.82) is 0 Å². The summed E-state index contributed by atoms with van der Waals surface area (Å²) in [4.78, 5) is -0.114. The topological polar surface area (TPSA) is 114 Å². The van der Waals surface area contributed by atoms with Crippen molar-refractivity contribution in [2.24, 2.45) is 0 Å². The van der Waals surface area contributed by atoms with Crippen molar-refractivity contribution >= 4 is 69.1 Å². The van der Waals surface area contributed by atoms with Gasteiger partial charge in [0.1, 0.15) is 20.2 Å². The first kappa shape index (κ1) is 36.8. The van der Waals surface area contributed by atoms with Crippen molar-refractivity contribution in [3.05, 3.63) is 59.7 Å². The van der Waals surface area contributed by atoms with Crippen LogP contribution in [0.1, 0.15) is 102 Å². The first-order chi connectivity index (χ1) is 17.1. The van der Waals surface area contributed by atoms with Gasteiger partial charge < -0.3 is 9.11 Å². The van der Waals surface area contributed by atoms with Crippen molar-refractivity contribution in [3.8, 4) is 0 Å². The molecule has 2 aromatic carbocycles. The van der Waals surface area contributed by atoms with E-state index in [1.165, 1.54) is 63.5 Å². The van der Waals surface area contributed by atoms with Crippen LogP contribution < -0.4 is 0 Å². The van der Waals surface area contributed by atoms with Crippen LogP contribution in [0.4, 0.5) is 0 Å². The van der Waals surface area contributed by atoms with Crippen LogP contribution in [0.2, 0.25) is 0 Å². The maximum atomic E-state index is 11.1. The van der Waals surface area contributed by atoms with Gasteiger partial charge in [-0.3, -0.25) is 0 Å². The van der Waals surface area contributed by atoms with E-state index in [4.69, 9.17) is 0 Å². The number of hydrogen-bond acceptors (Lipinski definition) is 6. The molecule has 0 aliphatic heterocycles. The molecule has 0 fully saturated rings. The summed E-state index contributed by atoms with van der Waals surface area (Å²) >= 11 is 0. The van der Waals surface area contributed by atoms with Gasteiger partial charge in [-0.25, -0.2) is 16.8 Å². The van der Waals surface area contributed by atoms with Crippen LogP contribution in [-0.2, 0) is 33.1 Å². The largest absolute Gasteiger partial charge is 2.00 e. The molecule has 0 aliphatic carbocycles. The molecular formula is C28H42BaO6S2. The molecule has 0 aromatic heterocycles. The summed E-state index contributed by atoms with van der Waals surface area (Å²) in [5.74, 6) is 0. The number of unbranched alkanes of at least 4 members (excludes halogenated alkanes) is 10. The minimum absolute atomic E-state index is 0. The fourth-order valence-electron chi connectivity index (χ4n) is 4.10. The Labute approximate surface area is 265 Å². The van der Waals surface area contributed by atoms with Gasteiger partial charge in [-0.05, 0) is 48.9 Å². The van der Waals surface area contributed by atoms with E-state index in [1.807, 2.05) is 0 Å². The maximum Gasteiger partial charge on any atom is 2.00 e. The monoisotopic (exact) mass is 676 g/mol. The van der Waals surface area contributed by atoms with Crippen LogP contribution in [0.3, 0.4) is 0 Å². The van der Waals surface area contributed by atoms with Gasteiger partial charge >= 0.3 is 48.9 Å². The predicted molar refractivity (Wildman–Crippen MR) is 149 cm³/mol. The second kappa shape index (κ2) is 20.7. The number of rotatable bonds is 16. The molecule has 0 amide bonds. The number of hydrogen-bond donors (Lipinski definition) is 0. The molecule has 204 valence electrons. The first-order valence-electron chi connectivity index (χ1n) is 13.2.